The summed E-state index contributed by atoms with van der Waals surface area (Å²) < 4.78 is 6.95. The number of carbonyl (C=O) groups is 1. The number of hydrogen-bond donors (Lipinski definition) is 1. The molecule has 0 saturated heterocycles. The Kier molecular flexibility index (Phi) is 3.58. The number of nitrogens with two attached hydrogens (primary N) is 1. The maximum absolute atomic E-state index is 11.4. The van der Waals surface area contributed by atoms with Crippen molar-refractivity contribution >= 4 is 39.3 Å². The summed E-state index contributed by atoms with van der Waals surface area (Å²) in [7, 11) is 1.27. The van der Waals surface area contributed by atoms with Crippen LogP contribution in [-0.4, -0.2) is 22.6 Å². The molecule has 0 aliphatic rings. The zero-order chi connectivity index (χ0) is 13.3. The van der Waals surface area contributed by atoms with Gasteiger partial charge in [0, 0.05) is 4.47 Å². The SMILES string of the molecule is COC(=O)c1ncn(-c2cc(Br)ccc2Cl)c1N. The first-order valence-electron chi connectivity index (χ1n) is 4.91. The third-order valence-corrected chi connectivity index (χ3v) is 3.16. The van der Waals surface area contributed by atoms with Gasteiger partial charge in [0.2, 0.25) is 0 Å². The van der Waals surface area contributed by atoms with E-state index in [-0.39, 0.29) is 11.5 Å². The number of anilines is 1. The number of benzene rings is 1. The van der Waals surface area contributed by atoms with Crippen LogP contribution in [0.15, 0.2) is 29.0 Å². The van der Waals surface area contributed by atoms with E-state index in [9.17, 15) is 4.79 Å². The molecule has 0 radical (unpaired) electrons. The lowest BCUT2D eigenvalue weighted by atomic mass is 10.3. The van der Waals surface area contributed by atoms with Gasteiger partial charge in [-0.3, -0.25) is 4.57 Å². The Morgan fingerprint density at radius 2 is 2.28 bits per heavy atom. The lowest BCUT2D eigenvalue weighted by molar-refractivity contribution is 0.0596. The van der Waals surface area contributed by atoms with Crippen molar-refractivity contribution in [1.29, 1.82) is 0 Å². The predicted molar refractivity (Wildman–Crippen MR) is 72.0 cm³/mol. The van der Waals surface area contributed by atoms with E-state index in [1.54, 1.807) is 18.2 Å². The van der Waals surface area contributed by atoms with Gasteiger partial charge in [-0.1, -0.05) is 27.5 Å². The van der Waals surface area contributed by atoms with Crippen molar-refractivity contribution in [2.75, 3.05) is 12.8 Å². The van der Waals surface area contributed by atoms with Gasteiger partial charge in [-0.05, 0) is 18.2 Å². The fraction of sp³-hybridized carbons (Fsp3) is 0.0909. The molecule has 2 aromatic rings. The van der Waals surface area contributed by atoms with E-state index in [0.717, 1.165) is 4.47 Å². The number of halogens is 2. The van der Waals surface area contributed by atoms with Gasteiger partial charge < -0.3 is 10.5 Å². The lowest BCUT2D eigenvalue weighted by Gasteiger charge is -2.08. The molecular formula is C11H9BrClN3O2. The van der Waals surface area contributed by atoms with Gasteiger partial charge in [0.25, 0.3) is 0 Å². The van der Waals surface area contributed by atoms with Crippen molar-refractivity contribution in [3.05, 3.63) is 39.7 Å². The summed E-state index contributed by atoms with van der Waals surface area (Å²) in [5.74, 6) is -0.404. The maximum Gasteiger partial charge on any atom is 0.360 e. The normalized spacial score (nSPS) is 10.4. The van der Waals surface area contributed by atoms with Crippen molar-refractivity contribution < 1.29 is 9.53 Å². The summed E-state index contributed by atoms with van der Waals surface area (Å²) in [6, 6.07) is 5.31. The Labute approximate surface area is 117 Å². The summed E-state index contributed by atoms with van der Waals surface area (Å²) >= 11 is 9.43. The van der Waals surface area contributed by atoms with Gasteiger partial charge in [0.1, 0.15) is 12.1 Å². The van der Waals surface area contributed by atoms with E-state index in [4.69, 9.17) is 17.3 Å². The van der Waals surface area contributed by atoms with E-state index in [1.165, 1.54) is 18.0 Å². The highest BCUT2D eigenvalue weighted by molar-refractivity contribution is 9.10. The molecule has 0 aliphatic heterocycles. The molecule has 1 heterocycles. The molecule has 0 spiro atoms. The number of ether oxygens (including phenoxy) is 1. The van der Waals surface area contributed by atoms with Crippen molar-refractivity contribution in [2.24, 2.45) is 0 Å². The Hall–Kier alpha value is -1.53. The summed E-state index contributed by atoms with van der Waals surface area (Å²) in [5.41, 5.74) is 6.55. The van der Waals surface area contributed by atoms with Crippen LogP contribution >= 0.6 is 27.5 Å². The number of imidazole rings is 1. The number of methoxy groups -OCH3 is 1. The van der Waals surface area contributed by atoms with Crippen LogP contribution in [0.25, 0.3) is 5.69 Å². The van der Waals surface area contributed by atoms with E-state index in [0.29, 0.717) is 10.7 Å². The third kappa shape index (κ3) is 2.21. The Bertz CT molecular complexity index is 612. The summed E-state index contributed by atoms with van der Waals surface area (Å²) in [4.78, 5) is 15.3. The molecule has 5 nitrogen and oxygen atoms in total. The van der Waals surface area contributed by atoms with Crippen LogP contribution in [0.3, 0.4) is 0 Å². The predicted octanol–water partition coefficient (Wildman–Crippen LogP) is 2.66. The van der Waals surface area contributed by atoms with E-state index in [1.807, 2.05) is 0 Å². The van der Waals surface area contributed by atoms with Crippen LogP contribution in [0.4, 0.5) is 5.82 Å². The summed E-state index contributed by atoms with van der Waals surface area (Å²) in [6.45, 7) is 0. The molecule has 1 aromatic carbocycles. The van der Waals surface area contributed by atoms with E-state index in [2.05, 4.69) is 25.7 Å². The molecule has 7 heteroatoms. The average molecular weight is 331 g/mol. The molecule has 0 atom stereocenters. The fourth-order valence-corrected chi connectivity index (χ4v) is 2.03. The highest BCUT2D eigenvalue weighted by Crippen LogP contribution is 2.27. The van der Waals surface area contributed by atoms with E-state index < -0.39 is 5.97 Å². The van der Waals surface area contributed by atoms with Crippen LogP contribution in [-0.2, 0) is 4.74 Å². The van der Waals surface area contributed by atoms with Crippen molar-refractivity contribution in [2.45, 2.75) is 0 Å². The van der Waals surface area contributed by atoms with Crippen LogP contribution in [0, 0.1) is 0 Å². The van der Waals surface area contributed by atoms with Gasteiger partial charge >= 0.3 is 5.97 Å². The Morgan fingerprint density at radius 3 is 2.94 bits per heavy atom. The monoisotopic (exact) mass is 329 g/mol. The smallest absolute Gasteiger partial charge is 0.360 e. The molecule has 2 rings (SSSR count). The number of rotatable bonds is 2. The minimum absolute atomic E-state index is 0.0635. The van der Waals surface area contributed by atoms with Gasteiger partial charge in [0.15, 0.2) is 5.69 Å². The van der Waals surface area contributed by atoms with Crippen LogP contribution in [0.5, 0.6) is 0 Å². The number of esters is 1. The highest BCUT2D eigenvalue weighted by Gasteiger charge is 2.18. The van der Waals surface area contributed by atoms with Crippen LogP contribution in [0.1, 0.15) is 10.5 Å². The molecule has 2 N–H and O–H groups in total. The second-order valence-electron chi connectivity index (χ2n) is 3.44. The minimum atomic E-state index is -0.586. The molecule has 0 bridgehead atoms. The first-order valence-corrected chi connectivity index (χ1v) is 6.08. The number of hydrogen-bond acceptors (Lipinski definition) is 4. The quantitative estimate of drug-likeness (QED) is 0.859. The van der Waals surface area contributed by atoms with Gasteiger partial charge in [-0.15, -0.1) is 0 Å². The lowest BCUT2D eigenvalue weighted by Crippen LogP contribution is -2.07. The van der Waals surface area contributed by atoms with Crippen LogP contribution < -0.4 is 5.73 Å². The largest absolute Gasteiger partial charge is 0.464 e. The first-order chi connectivity index (χ1) is 8.54. The first kappa shape index (κ1) is 12.9. The second-order valence-corrected chi connectivity index (χ2v) is 4.76. The Morgan fingerprint density at radius 1 is 1.56 bits per heavy atom. The maximum atomic E-state index is 11.4. The van der Waals surface area contributed by atoms with Crippen molar-refractivity contribution in [3.8, 4) is 5.69 Å². The molecule has 0 fully saturated rings. The molecule has 18 heavy (non-hydrogen) atoms. The van der Waals surface area contributed by atoms with Gasteiger partial charge in [-0.2, -0.15) is 0 Å². The third-order valence-electron chi connectivity index (χ3n) is 2.35. The van der Waals surface area contributed by atoms with Crippen LogP contribution in [0.2, 0.25) is 5.02 Å². The Balaban J connectivity index is 2.55. The summed E-state index contributed by atoms with van der Waals surface area (Å²) in [6.07, 6.45) is 1.43. The standard InChI is InChI=1S/C11H9BrClN3O2/c1-18-11(17)9-10(14)16(5-15-9)8-4-6(12)2-3-7(8)13/h2-5H,14H2,1H3. The molecule has 1 aromatic heterocycles. The number of carbonyl (C=O) groups excluding carboxylic acids is 1. The molecule has 94 valence electrons. The van der Waals surface area contributed by atoms with Gasteiger partial charge in [0.05, 0.1) is 17.8 Å². The number of nitrogens with zero attached hydrogens (tertiary/aromatic N) is 2. The molecule has 0 aliphatic carbocycles. The molecule has 0 saturated carbocycles. The highest BCUT2D eigenvalue weighted by atomic mass is 79.9. The minimum Gasteiger partial charge on any atom is -0.464 e. The zero-order valence-corrected chi connectivity index (χ0v) is 11.7. The van der Waals surface area contributed by atoms with Crippen molar-refractivity contribution in [3.63, 3.8) is 0 Å². The van der Waals surface area contributed by atoms with Gasteiger partial charge in [-0.25, -0.2) is 9.78 Å². The molecule has 0 amide bonds. The number of nitrogen functional groups attached to an aromatic ring is 1. The topological polar surface area (TPSA) is 70.1 Å². The van der Waals surface area contributed by atoms with Crippen molar-refractivity contribution in [1.82, 2.24) is 9.55 Å². The summed E-state index contributed by atoms with van der Waals surface area (Å²) in [5, 5.41) is 0.499. The second kappa shape index (κ2) is 4.99. The molecule has 0 unspecified atom stereocenters. The molecular weight excluding hydrogens is 321 g/mol. The fourth-order valence-electron chi connectivity index (χ4n) is 1.47. The van der Waals surface area contributed by atoms with E-state index >= 15 is 0 Å². The zero-order valence-electron chi connectivity index (χ0n) is 9.35. The average Bonchev–Trinajstić information content (AvgIpc) is 2.73. The number of aromatic nitrogens is 2.